The molecule has 0 aliphatic carbocycles. The van der Waals surface area contributed by atoms with Gasteiger partial charge in [0.1, 0.15) is 5.76 Å². The highest BCUT2D eigenvalue weighted by molar-refractivity contribution is 5.77. The summed E-state index contributed by atoms with van der Waals surface area (Å²) in [4.78, 5) is 14.6. The lowest BCUT2D eigenvalue weighted by Crippen LogP contribution is -2.33. The maximum absolute atomic E-state index is 12.6. The van der Waals surface area contributed by atoms with E-state index in [0.717, 1.165) is 31.7 Å². The minimum atomic E-state index is -0.0502. The monoisotopic (exact) mass is 286 g/mol. The second-order valence-electron chi connectivity index (χ2n) is 5.66. The Labute approximate surface area is 125 Å². The number of carbonyl (C=O) groups excluding carboxylic acids is 1. The van der Waals surface area contributed by atoms with Gasteiger partial charge < -0.3 is 13.9 Å². The SMILES string of the molecule is O=C(C[C@H](c1ccco1)n1cccc1)N1CCCCCC1. The Morgan fingerprint density at radius 1 is 1.10 bits per heavy atom. The second kappa shape index (κ2) is 6.66. The summed E-state index contributed by atoms with van der Waals surface area (Å²) in [7, 11) is 0. The molecule has 0 radical (unpaired) electrons. The minimum Gasteiger partial charge on any atom is -0.467 e. The van der Waals surface area contributed by atoms with E-state index >= 15 is 0 Å². The van der Waals surface area contributed by atoms with Crippen molar-refractivity contribution < 1.29 is 9.21 Å². The Hall–Kier alpha value is -1.97. The van der Waals surface area contributed by atoms with Crippen LogP contribution in [0.25, 0.3) is 0 Å². The van der Waals surface area contributed by atoms with E-state index in [2.05, 4.69) is 4.57 Å². The number of furan rings is 1. The quantitative estimate of drug-likeness (QED) is 0.863. The molecular weight excluding hydrogens is 264 g/mol. The zero-order chi connectivity index (χ0) is 14.5. The smallest absolute Gasteiger partial charge is 0.225 e. The zero-order valence-electron chi connectivity index (χ0n) is 12.3. The van der Waals surface area contributed by atoms with Gasteiger partial charge in [-0.25, -0.2) is 0 Å². The van der Waals surface area contributed by atoms with Crippen molar-refractivity contribution in [3.05, 3.63) is 48.7 Å². The Balaban J connectivity index is 1.74. The maximum Gasteiger partial charge on any atom is 0.225 e. The predicted molar refractivity (Wildman–Crippen MR) is 80.9 cm³/mol. The molecule has 21 heavy (non-hydrogen) atoms. The summed E-state index contributed by atoms with van der Waals surface area (Å²) in [6.07, 6.45) is 10.8. The molecule has 0 spiro atoms. The molecule has 2 aromatic heterocycles. The van der Waals surface area contributed by atoms with Gasteiger partial charge in [-0.15, -0.1) is 0 Å². The first-order valence-electron chi connectivity index (χ1n) is 7.78. The van der Waals surface area contributed by atoms with E-state index in [9.17, 15) is 4.79 Å². The van der Waals surface area contributed by atoms with Crippen molar-refractivity contribution in [2.45, 2.75) is 38.1 Å². The van der Waals surface area contributed by atoms with Crippen LogP contribution in [0, 0.1) is 0 Å². The number of aromatic nitrogens is 1. The summed E-state index contributed by atoms with van der Waals surface area (Å²) in [5, 5.41) is 0. The first kappa shape index (κ1) is 14.0. The molecule has 4 heteroatoms. The Morgan fingerprint density at radius 3 is 2.43 bits per heavy atom. The minimum absolute atomic E-state index is 0.0502. The summed E-state index contributed by atoms with van der Waals surface area (Å²) < 4.78 is 7.59. The molecular formula is C17H22N2O2. The van der Waals surface area contributed by atoms with Crippen LogP contribution in [-0.4, -0.2) is 28.5 Å². The molecule has 0 unspecified atom stereocenters. The third-order valence-corrected chi connectivity index (χ3v) is 4.19. The highest BCUT2D eigenvalue weighted by atomic mass is 16.3. The van der Waals surface area contributed by atoms with Gasteiger partial charge in [-0.2, -0.15) is 0 Å². The number of rotatable bonds is 4. The fraction of sp³-hybridized carbons (Fsp3) is 0.471. The van der Waals surface area contributed by atoms with Crippen LogP contribution in [0.4, 0.5) is 0 Å². The molecule has 1 saturated heterocycles. The second-order valence-corrected chi connectivity index (χ2v) is 5.66. The van der Waals surface area contributed by atoms with Gasteiger partial charge in [0.15, 0.2) is 0 Å². The largest absolute Gasteiger partial charge is 0.467 e. The number of likely N-dealkylation sites (tertiary alicyclic amines) is 1. The molecule has 1 aliphatic rings. The number of hydrogen-bond acceptors (Lipinski definition) is 2. The Kier molecular flexibility index (Phi) is 4.43. The van der Waals surface area contributed by atoms with Gasteiger partial charge in [0.2, 0.25) is 5.91 Å². The molecule has 1 atom stereocenters. The highest BCUT2D eigenvalue weighted by Gasteiger charge is 2.23. The molecule has 0 saturated carbocycles. The first-order chi connectivity index (χ1) is 10.3. The van der Waals surface area contributed by atoms with Crippen LogP contribution in [0.15, 0.2) is 47.3 Å². The maximum atomic E-state index is 12.6. The van der Waals surface area contributed by atoms with Crippen LogP contribution in [-0.2, 0) is 4.79 Å². The Morgan fingerprint density at radius 2 is 1.81 bits per heavy atom. The molecule has 3 rings (SSSR count). The molecule has 0 bridgehead atoms. The van der Waals surface area contributed by atoms with Gasteiger partial charge in [-0.3, -0.25) is 4.79 Å². The van der Waals surface area contributed by atoms with Crippen LogP contribution in [0.2, 0.25) is 0 Å². The van der Waals surface area contributed by atoms with Gasteiger partial charge in [0, 0.05) is 25.5 Å². The topological polar surface area (TPSA) is 38.4 Å². The van der Waals surface area contributed by atoms with Crippen molar-refractivity contribution in [2.24, 2.45) is 0 Å². The van der Waals surface area contributed by atoms with Gasteiger partial charge in [-0.05, 0) is 37.1 Å². The molecule has 0 aromatic carbocycles. The summed E-state index contributed by atoms with van der Waals surface area (Å²) in [5.41, 5.74) is 0. The van der Waals surface area contributed by atoms with E-state index in [1.807, 2.05) is 41.6 Å². The molecule has 1 aliphatic heterocycles. The van der Waals surface area contributed by atoms with E-state index in [1.165, 1.54) is 12.8 Å². The number of amides is 1. The normalized spacial score (nSPS) is 17.4. The van der Waals surface area contributed by atoms with Crippen LogP contribution in [0.1, 0.15) is 43.9 Å². The first-order valence-corrected chi connectivity index (χ1v) is 7.78. The van der Waals surface area contributed by atoms with Crippen LogP contribution in [0.5, 0.6) is 0 Å². The Bertz CT molecular complexity index is 503. The van der Waals surface area contributed by atoms with Gasteiger partial charge in [0.25, 0.3) is 0 Å². The molecule has 112 valence electrons. The number of hydrogen-bond donors (Lipinski definition) is 0. The summed E-state index contributed by atoms with van der Waals surface area (Å²) in [6.45, 7) is 1.80. The van der Waals surface area contributed by atoms with E-state index in [1.54, 1.807) is 6.26 Å². The summed E-state index contributed by atoms with van der Waals surface area (Å²) in [5.74, 6) is 1.07. The van der Waals surface area contributed by atoms with Crippen molar-refractivity contribution in [1.82, 2.24) is 9.47 Å². The molecule has 0 N–H and O–H groups in total. The standard InChI is InChI=1S/C17H22N2O2/c20-17(19-11-3-1-2-4-12-19)14-15(16-8-7-13-21-16)18-9-5-6-10-18/h5-10,13,15H,1-4,11-12,14H2/t15-/m1/s1. The third kappa shape index (κ3) is 3.38. The molecule has 4 nitrogen and oxygen atoms in total. The van der Waals surface area contributed by atoms with Crippen molar-refractivity contribution in [3.63, 3.8) is 0 Å². The van der Waals surface area contributed by atoms with E-state index in [0.29, 0.717) is 6.42 Å². The molecule has 1 fully saturated rings. The average Bonchev–Trinajstić information content (AvgIpc) is 3.14. The van der Waals surface area contributed by atoms with E-state index in [4.69, 9.17) is 4.42 Å². The van der Waals surface area contributed by atoms with Crippen LogP contribution < -0.4 is 0 Å². The van der Waals surface area contributed by atoms with Gasteiger partial charge >= 0.3 is 0 Å². The van der Waals surface area contributed by atoms with Gasteiger partial charge in [0.05, 0.1) is 18.7 Å². The zero-order valence-corrected chi connectivity index (χ0v) is 12.3. The summed E-state index contributed by atoms with van der Waals surface area (Å²) in [6, 6.07) is 7.73. The van der Waals surface area contributed by atoms with E-state index in [-0.39, 0.29) is 11.9 Å². The average molecular weight is 286 g/mol. The number of carbonyl (C=O) groups is 1. The highest BCUT2D eigenvalue weighted by Crippen LogP contribution is 2.24. The number of nitrogens with zero attached hydrogens (tertiary/aromatic N) is 2. The third-order valence-electron chi connectivity index (χ3n) is 4.19. The fourth-order valence-corrected chi connectivity index (χ4v) is 3.00. The van der Waals surface area contributed by atoms with Crippen LogP contribution in [0.3, 0.4) is 0 Å². The van der Waals surface area contributed by atoms with Crippen molar-refractivity contribution >= 4 is 5.91 Å². The molecule has 3 heterocycles. The van der Waals surface area contributed by atoms with E-state index < -0.39 is 0 Å². The lowest BCUT2D eigenvalue weighted by atomic mass is 10.1. The van der Waals surface area contributed by atoms with Crippen LogP contribution >= 0.6 is 0 Å². The lowest BCUT2D eigenvalue weighted by Gasteiger charge is -2.24. The lowest BCUT2D eigenvalue weighted by molar-refractivity contribution is -0.131. The fourth-order valence-electron chi connectivity index (χ4n) is 3.00. The van der Waals surface area contributed by atoms with Crippen molar-refractivity contribution in [1.29, 1.82) is 0 Å². The predicted octanol–water partition coefficient (Wildman–Crippen LogP) is 3.46. The van der Waals surface area contributed by atoms with Crippen molar-refractivity contribution in [3.8, 4) is 0 Å². The summed E-state index contributed by atoms with van der Waals surface area (Å²) >= 11 is 0. The molecule has 1 amide bonds. The van der Waals surface area contributed by atoms with Crippen molar-refractivity contribution in [2.75, 3.05) is 13.1 Å². The molecule has 2 aromatic rings. The van der Waals surface area contributed by atoms with Gasteiger partial charge in [-0.1, -0.05) is 12.8 Å².